The Labute approximate surface area is 260 Å². The molecule has 1 saturated carbocycles. The average Bonchev–Trinajstić information content (AvgIpc) is 3.43. The molecule has 1 aromatic rings. The maximum Gasteiger partial charge on any atom is 0.229 e. The predicted molar refractivity (Wildman–Crippen MR) is 161 cm³/mol. The summed E-state index contributed by atoms with van der Waals surface area (Å²) in [6.45, 7) is 1.66. The summed E-state index contributed by atoms with van der Waals surface area (Å²) in [6, 6.07) is 4.51. The van der Waals surface area contributed by atoms with E-state index in [9.17, 15) is 35.1 Å². The van der Waals surface area contributed by atoms with E-state index in [2.05, 4.69) is 5.32 Å². The Morgan fingerprint density at radius 2 is 1.93 bits per heavy atom. The van der Waals surface area contributed by atoms with Crippen molar-refractivity contribution in [2.45, 2.75) is 75.7 Å². The molecular weight excluding hydrogens is 580 g/mol. The molecule has 0 unspecified atom stereocenters. The van der Waals surface area contributed by atoms with Gasteiger partial charge in [-0.15, -0.1) is 0 Å². The van der Waals surface area contributed by atoms with Gasteiger partial charge in [-0.05, 0) is 74.3 Å². The fourth-order valence-electron chi connectivity index (χ4n) is 8.94. The lowest BCUT2D eigenvalue weighted by Crippen LogP contribution is -2.69. The summed E-state index contributed by atoms with van der Waals surface area (Å²) in [6.07, 6.45) is 3.00. The van der Waals surface area contributed by atoms with Crippen molar-refractivity contribution in [2.24, 2.45) is 28.9 Å². The molecule has 1 aromatic carbocycles. The molecule has 0 spiro atoms. The van der Waals surface area contributed by atoms with Crippen molar-refractivity contribution in [2.75, 3.05) is 13.2 Å². The molecule has 2 heterocycles. The SMILES string of the molecule is CC1=C[C@@H]2C(=O)c3cccc(O[C@@H]4O[C@H](CO)[C@@H](O)[C@@](O)(C[C@]56CCC[C@H]5CCC5=C6C=C(N)NC5)[C@H]4O)c3C(=O)[C@@H]2C(O)=C1. The van der Waals surface area contributed by atoms with Gasteiger partial charge in [-0.25, -0.2) is 0 Å². The van der Waals surface area contributed by atoms with Crippen LogP contribution in [-0.2, 0) is 4.74 Å². The molecule has 0 aromatic heterocycles. The van der Waals surface area contributed by atoms with Crippen LogP contribution in [0.5, 0.6) is 5.75 Å². The maximum absolute atomic E-state index is 13.8. The number of carbonyl (C=O) groups is 2. The lowest BCUT2D eigenvalue weighted by molar-refractivity contribution is -0.320. The van der Waals surface area contributed by atoms with Gasteiger partial charge in [-0.2, -0.15) is 0 Å². The predicted octanol–water partition coefficient (Wildman–Crippen LogP) is 1.92. The number of hydrogen-bond acceptors (Lipinski definition) is 11. The Hall–Kier alpha value is -3.48. The third-order valence-electron chi connectivity index (χ3n) is 11.1. The van der Waals surface area contributed by atoms with Crippen LogP contribution in [0.1, 0.15) is 66.2 Å². The van der Waals surface area contributed by atoms with Crippen LogP contribution in [-0.4, -0.2) is 80.5 Å². The first-order valence-electron chi connectivity index (χ1n) is 15.7. The molecule has 2 aliphatic heterocycles. The topological polar surface area (TPSA) is 192 Å². The molecule has 0 radical (unpaired) electrons. The number of allylic oxidation sites excluding steroid dienone is 6. The van der Waals surface area contributed by atoms with Crippen molar-refractivity contribution in [3.8, 4) is 5.75 Å². The minimum absolute atomic E-state index is 0.0201. The van der Waals surface area contributed by atoms with Gasteiger partial charge in [0.2, 0.25) is 6.29 Å². The highest BCUT2D eigenvalue weighted by atomic mass is 16.7. The minimum Gasteiger partial charge on any atom is -0.511 e. The maximum atomic E-state index is 13.8. The van der Waals surface area contributed by atoms with Crippen LogP contribution in [0.2, 0.25) is 0 Å². The van der Waals surface area contributed by atoms with E-state index in [1.165, 1.54) is 23.8 Å². The van der Waals surface area contributed by atoms with Gasteiger partial charge in [0, 0.05) is 17.5 Å². The standard InChI is InChI=1S/C34H40N2O9/c1-16-10-20-26(22(38)11-16)29(40)27-19(28(20)39)5-2-6-23(27)44-32-31(42)34(43,30(41)24(14-37)45-32)15-33-9-3-4-18(33)8-7-17-13-36-25(35)12-21(17)33/h2,5-6,10-12,18,20,24,26,30-32,36-38,41-43H,3-4,7-9,13-15,35H2,1H3/t18-,20-,24+,26-,30+,31-,32+,33+,34-/m0/s1. The van der Waals surface area contributed by atoms with Gasteiger partial charge in [-0.3, -0.25) is 9.59 Å². The number of benzene rings is 1. The number of fused-ring (bicyclic) bond motifs is 4. The Morgan fingerprint density at radius 3 is 2.71 bits per heavy atom. The van der Waals surface area contributed by atoms with Gasteiger partial charge in [0.15, 0.2) is 11.6 Å². The number of rotatable bonds is 5. The molecule has 6 aliphatic rings. The first-order valence-corrected chi connectivity index (χ1v) is 15.7. The van der Waals surface area contributed by atoms with E-state index in [1.807, 2.05) is 6.08 Å². The fourth-order valence-corrected chi connectivity index (χ4v) is 8.94. The quantitative estimate of drug-likeness (QED) is 0.254. The van der Waals surface area contributed by atoms with Crippen LogP contribution in [0, 0.1) is 23.2 Å². The molecule has 11 nitrogen and oxygen atoms in total. The lowest BCUT2D eigenvalue weighted by Gasteiger charge is -2.53. The third-order valence-corrected chi connectivity index (χ3v) is 11.1. The lowest BCUT2D eigenvalue weighted by atomic mass is 9.58. The number of nitrogens with one attached hydrogen (secondary N) is 1. The molecule has 2 fully saturated rings. The van der Waals surface area contributed by atoms with E-state index in [-0.39, 0.29) is 40.8 Å². The number of hydrogen-bond donors (Lipinski definition) is 7. The highest BCUT2D eigenvalue weighted by Gasteiger charge is 2.62. The molecule has 0 bridgehead atoms. The number of nitrogens with two attached hydrogens (primary N) is 1. The van der Waals surface area contributed by atoms with Crippen LogP contribution >= 0.6 is 0 Å². The molecule has 240 valence electrons. The van der Waals surface area contributed by atoms with Gasteiger partial charge in [0.25, 0.3) is 0 Å². The summed E-state index contributed by atoms with van der Waals surface area (Å²) < 4.78 is 11.9. The molecular formula is C34H40N2O9. The second-order valence-corrected chi connectivity index (χ2v) is 13.5. The second kappa shape index (κ2) is 10.8. The summed E-state index contributed by atoms with van der Waals surface area (Å²) in [5.74, 6) is -2.41. The number of ether oxygens (including phenoxy) is 2. The van der Waals surface area contributed by atoms with E-state index >= 15 is 0 Å². The van der Waals surface area contributed by atoms with Crippen LogP contribution in [0.25, 0.3) is 0 Å². The van der Waals surface area contributed by atoms with Gasteiger partial charge >= 0.3 is 0 Å². The molecule has 0 amide bonds. The van der Waals surface area contributed by atoms with Crippen molar-refractivity contribution in [3.63, 3.8) is 0 Å². The van der Waals surface area contributed by atoms with E-state index < -0.39 is 59.8 Å². The molecule has 9 atom stereocenters. The molecule has 1 saturated heterocycles. The molecule has 4 aliphatic carbocycles. The molecule has 11 heteroatoms. The van der Waals surface area contributed by atoms with Gasteiger partial charge < -0.3 is 46.1 Å². The molecule has 8 N–H and O–H groups in total. The van der Waals surface area contributed by atoms with E-state index in [0.29, 0.717) is 17.9 Å². The normalized spacial score (nSPS) is 39.0. The van der Waals surface area contributed by atoms with Crippen molar-refractivity contribution in [1.82, 2.24) is 5.32 Å². The van der Waals surface area contributed by atoms with Crippen LogP contribution < -0.4 is 15.8 Å². The number of aliphatic hydroxyl groups excluding tert-OH is 4. The third kappa shape index (κ3) is 4.51. The molecule has 45 heavy (non-hydrogen) atoms. The summed E-state index contributed by atoms with van der Waals surface area (Å²) in [5, 5.41) is 59.6. The molecule has 7 rings (SSSR count). The number of carbonyl (C=O) groups excluding carboxylic acids is 2. The average molecular weight is 621 g/mol. The summed E-state index contributed by atoms with van der Waals surface area (Å²) in [7, 11) is 0. The van der Waals surface area contributed by atoms with Crippen LogP contribution in [0.4, 0.5) is 0 Å². The minimum atomic E-state index is -2.17. The number of ketones is 2. The van der Waals surface area contributed by atoms with E-state index in [0.717, 1.165) is 37.7 Å². The summed E-state index contributed by atoms with van der Waals surface area (Å²) >= 11 is 0. The van der Waals surface area contributed by atoms with Crippen LogP contribution in [0.15, 0.2) is 64.7 Å². The Bertz CT molecular complexity index is 1580. The smallest absolute Gasteiger partial charge is 0.229 e. The van der Waals surface area contributed by atoms with Gasteiger partial charge in [0.05, 0.1) is 29.8 Å². The van der Waals surface area contributed by atoms with E-state index in [4.69, 9.17) is 15.2 Å². The van der Waals surface area contributed by atoms with Gasteiger partial charge in [-0.1, -0.05) is 30.2 Å². The number of aliphatic hydroxyl groups is 5. The Kier molecular flexibility index (Phi) is 7.25. The van der Waals surface area contributed by atoms with Crippen LogP contribution in [0.3, 0.4) is 0 Å². The number of dihydropyridines is 1. The zero-order chi connectivity index (χ0) is 31.8. The van der Waals surface area contributed by atoms with E-state index in [1.54, 1.807) is 19.1 Å². The zero-order valence-electron chi connectivity index (χ0n) is 25.1. The summed E-state index contributed by atoms with van der Waals surface area (Å²) in [4.78, 5) is 27.3. The highest BCUT2D eigenvalue weighted by Crippen LogP contribution is 2.60. The zero-order valence-corrected chi connectivity index (χ0v) is 25.1. The number of Topliss-reactive ketones (excluding diaryl/α,β-unsaturated/α-hetero) is 2. The van der Waals surface area contributed by atoms with Crippen molar-refractivity contribution in [3.05, 3.63) is 75.9 Å². The largest absolute Gasteiger partial charge is 0.511 e. The Balaban J connectivity index is 1.25. The van der Waals surface area contributed by atoms with Crippen molar-refractivity contribution < 1.29 is 44.6 Å². The highest BCUT2D eigenvalue weighted by molar-refractivity contribution is 6.19. The van der Waals surface area contributed by atoms with Gasteiger partial charge in [0.1, 0.15) is 35.4 Å². The monoisotopic (exact) mass is 620 g/mol. The first-order chi connectivity index (χ1) is 21.5. The fraction of sp³-hybridized carbons (Fsp3) is 0.529. The summed E-state index contributed by atoms with van der Waals surface area (Å²) in [5.41, 5.74) is 6.40. The second-order valence-electron chi connectivity index (χ2n) is 13.5. The van der Waals surface area contributed by atoms with Crippen molar-refractivity contribution >= 4 is 11.6 Å². The first kappa shape index (κ1) is 30.2. The van der Waals surface area contributed by atoms with Crippen molar-refractivity contribution in [1.29, 1.82) is 0 Å². The Morgan fingerprint density at radius 1 is 1.13 bits per heavy atom.